The largest absolute Gasteiger partial charge is 0.497 e. The number of nitrogens with zero attached hydrogens (tertiary/aromatic N) is 1. The van der Waals surface area contributed by atoms with Gasteiger partial charge in [0, 0.05) is 13.2 Å². The summed E-state index contributed by atoms with van der Waals surface area (Å²) in [6, 6.07) is 12.7. The summed E-state index contributed by atoms with van der Waals surface area (Å²) in [5.74, 6) is 0.460. The zero-order chi connectivity index (χ0) is 21.6. The molecule has 1 saturated heterocycles. The van der Waals surface area contributed by atoms with Crippen molar-refractivity contribution < 1.29 is 27.4 Å². The minimum Gasteiger partial charge on any atom is -0.497 e. The second kappa shape index (κ2) is 9.82. The van der Waals surface area contributed by atoms with Crippen LogP contribution in [0.4, 0.5) is 5.69 Å². The number of methoxy groups -OCH3 is 2. The van der Waals surface area contributed by atoms with Gasteiger partial charge in [-0.05, 0) is 49.2 Å². The van der Waals surface area contributed by atoms with Gasteiger partial charge in [-0.2, -0.15) is 0 Å². The second-order valence-electron chi connectivity index (χ2n) is 6.80. The van der Waals surface area contributed by atoms with Gasteiger partial charge in [-0.1, -0.05) is 12.1 Å². The van der Waals surface area contributed by atoms with Gasteiger partial charge in [0.05, 0.1) is 30.9 Å². The molecule has 1 N–H and O–H groups in total. The van der Waals surface area contributed by atoms with Crippen LogP contribution in [0.5, 0.6) is 11.5 Å². The van der Waals surface area contributed by atoms with Crippen molar-refractivity contribution in [2.75, 3.05) is 38.2 Å². The van der Waals surface area contributed by atoms with Crippen LogP contribution < -0.4 is 19.1 Å². The molecule has 1 heterocycles. The first-order valence-corrected chi connectivity index (χ1v) is 11.1. The first kappa shape index (κ1) is 21.9. The number of carbonyl (C=O) groups excluding carboxylic acids is 1. The van der Waals surface area contributed by atoms with Crippen molar-refractivity contribution in [1.29, 1.82) is 0 Å². The number of carbonyl (C=O) groups is 1. The van der Waals surface area contributed by atoms with E-state index in [4.69, 9.17) is 14.2 Å². The number of rotatable bonds is 9. The maximum Gasteiger partial charge on any atom is 0.264 e. The Morgan fingerprint density at radius 2 is 1.87 bits per heavy atom. The Hall–Kier alpha value is -2.78. The van der Waals surface area contributed by atoms with Crippen LogP contribution in [0.25, 0.3) is 0 Å². The zero-order valence-corrected chi connectivity index (χ0v) is 17.9. The molecule has 3 rings (SSSR count). The van der Waals surface area contributed by atoms with Crippen molar-refractivity contribution in [2.24, 2.45) is 0 Å². The summed E-state index contributed by atoms with van der Waals surface area (Å²) in [5.41, 5.74) is 0.281. The van der Waals surface area contributed by atoms with Crippen molar-refractivity contribution in [3.63, 3.8) is 0 Å². The van der Waals surface area contributed by atoms with E-state index in [9.17, 15) is 13.2 Å². The van der Waals surface area contributed by atoms with Crippen molar-refractivity contribution in [3.05, 3.63) is 48.5 Å². The molecule has 2 aromatic rings. The first-order chi connectivity index (χ1) is 14.5. The molecule has 30 heavy (non-hydrogen) atoms. The molecular formula is C21H26N2O6S. The molecule has 1 atom stereocenters. The molecular weight excluding hydrogens is 408 g/mol. The average Bonchev–Trinajstić information content (AvgIpc) is 3.29. The molecule has 1 aliphatic heterocycles. The van der Waals surface area contributed by atoms with Gasteiger partial charge in [0.1, 0.15) is 18.0 Å². The summed E-state index contributed by atoms with van der Waals surface area (Å²) in [5, 5.41) is 2.77. The van der Waals surface area contributed by atoms with Crippen LogP contribution in [0.3, 0.4) is 0 Å². The summed E-state index contributed by atoms with van der Waals surface area (Å²) in [4.78, 5) is 12.7. The third-order valence-electron chi connectivity index (χ3n) is 4.84. The van der Waals surface area contributed by atoms with Gasteiger partial charge in [0.25, 0.3) is 10.0 Å². The molecule has 1 aliphatic rings. The van der Waals surface area contributed by atoms with E-state index >= 15 is 0 Å². The second-order valence-corrected chi connectivity index (χ2v) is 8.66. The Bertz CT molecular complexity index is 956. The molecule has 1 fully saturated rings. The van der Waals surface area contributed by atoms with Crippen LogP contribution in [0.1, 0.15) is 12.8 Å². The number of amides is 1. The van der Waals surface area contributed by atoms with E-state index in [1.54, 1.807) is 36.4 Å². The number of hydrogen-bond donors (Lipinski definition) is 1. The fourth-order valence-electron chi connectivity index (χ4n) is 3.23. The molecule has 9 heteroatoms. The van der Waals surface area contributed by atoms with Crippen molar-refractivity contribution in [3.8, 4) is 11.5 Å². The summed E-state index contributed by atoms with van der Waals surface area (Å²) < 4.78 is 43.8. The van der Waals surface area contributed by atoms with Crippen LogP contribution in [0.2, 0.25) is 0 Å². The number of ether oxygens (including phenoxy) is 3. The Kier molecular flexibility index (Phi) is 7.17. The number of anilines is 1. The van der Waals surface area contributed by atoms with E-state index in [0.29, 0.717) is 24.7 Å². The molecule has 0 aromatic heterocycles. The number of sulfonamides is 1. The fraction of sp³-hybridized carbons (Fsp3) is 0.381. The Labute approximate surface area is 176 Å². The first-order valence-electron chi connectivity index (χ1n) is 9.64. The van der Waals surface area contributed by atoms with Gasteiger partial charge < -0.3 is 19.5 Å². The predicted octanol–water partition coefficient (Wildman–Crippen LogP) is 2.19. The van der Waals surface area contributed by atoms with Crippen LogP contribution in [0.15, 0.2) is 53.4 Å². The lowest BCUT2D eigenvalue weighted by Gasteiger charge is -2.26. The highest BCUT2D eigenvalue weighted by Gasteiger charge is 2.29. The van der Waals surface area contributed by atoms with Gasteiger partial charge in [-0.15, -0.1) is 0 Å². The van der Waals surface area contributed by atoms with Crippen LogP contribution in [-0.4, -0.2) is 54.3 Å². The van der Waals surface area contributed by atoms with E-state index in [2.05, 4.69) is 5.32 Å². The average molecular weight is 435 g/mol. The topological polar surface area (TPSA) is 94.2 Å². The minimum absolute atomic E-state index is 0.0353. The van der Waals surface area contributed by atoms with Crippen molar-refractivity contribution in [2.45, 2.75) is 23.8 Å². The van der Waals surface area contributed by atoms with Gasteiger partial charge in [0.15, 0.2) is 0 Å². The SMILES string of the molecule is COc1ccc(S(=O)(=O)N(CC(=O)NC[C@H]2CCCO2)c2ccccc2OC)cc1. The smallest absolute Gasteiger partial charge is 0.264 e. The normalized spacial score (nSPS) is 16.1. The van der Waals surface area contributed by atoms with Gasteiger partial charge in [-0.25, -0.2) is 8.42 Å². The highest BCUT2D eigenvalue weighted by molar-refractivity contribution is 7.92. The molecule has 8 nitrogen and oxygen atoms in total. The monoisotopic (exact) mass is 434 g/mol. The fourth-order valence-corrected chi connectivity index (χ4v) is 4.66. The van der Waals surface area contributed by atoms with Gasteiger partial charge in [0.2, 0.25) is 5.91 Å². The van der Waals surface area contributed by atoms with Crippen LogP contribution in [-0.2, 0) is 19.6 Å². The molecule has 0 bridgehead atoms. The van der Waals surface area contributed by atoms with E-state index in [0.717, 1.165) is 17.1 Å². The Morgan fingerprint density at radius 3 is 2.50 bits per heavy atom. The third-order valence-corrected chi connectivity index (χ3v) is 6.61. The summed E-state index contributed by atoms with van der Waals surface area (Å²) >= 11 is 0. The lowest BCUT2D eigenvalue weighted by molar-refractivity contribution is -0.120. The van der Waals surface area contributed by atoms with Crippen molar-refractivity contribution >= 4 is 21.6 Å². The molecule has 162 valence electrons. The molecule has 0 unspecified atom stereocenters. The standard InChI is InChI=1S/C21H26N2O6S/c1-27-16-9-11-18(12-10-16)30(25,26)23(19-7-3-4-8-20(19)28-2)15-21(24)22-14-17-6-5-13-29-17/h3-4,7-12,17H,5-6,13-15H2,1-2H3,(H,22,24)/t17-/m1/s1. The molecule has 0 spiro atoms. The van der Waals surface area contributed by atoms with Crippen LogP contribution >= 0.6 is 0 Å². The molecule has 0 aliphatic carbocycles. The van der Waals surface area contributed by atoms with Crippen LogP contribution in [0, 0.1) is 0 Å². The van der Waals surface area contributed by atoms with E-state index in [1.165, 1.54) is 26.4 Å². The highest BCUT2D eigenvalue weighted by Crippen LogP contribution is 2.32. The number of para-hydroxylation sites is 2. The molecule has 0 saturated carbocycles. The van der Waals surface area contributed by atoms with E-state index < -0.39 is 15.9 Å². The number of hydrogen-bond acceptors (Lipinski definition) is 6. The molecule has 1 amide bonds. The molecule has 2 aromatic carbocycles. The zero-order valence-electron chi connectivity index (χ0n) is 17.0. The van der Waals surface area contributed by atoms with E-state index in [1.807, 2.05) is 0 Å². The highest BCUT2D eigenvalue weighted by atomic mass is 32.2. The van der Waals surface area contributed by atoms with Gasteiger partial charge >= 0.3 is 0 Å². The Balaban J connectivity index is 1.89. The lowest BCUT2D eigenvalue weighted by Crippen LogP contribution is -2.43. The summed E-state index contributed by atoms with van der Waals surface area (Å²) in [7, 11) is -1.08. The third kappa shape index (κ3) is 5.03. The predicted molar refractivity (Wildman–Crippen MR) is 113 cm³/mol. The minimum atomic E-state index is -4.04. The quantitative estimate of drug-likeness (QED) is 0.650. The number of benzene rings is 2. The molecule has 0 radical (unpaired) electrons. The summed E-state index contributed by atoms with van der Waals surface area (Å²) in [6.45, 7) is 0.641. The van der Waals surface area contributed by atoms with E-state index in [-0.39, 0.29) is 23.2 Å². The number of nitrogens with one attached hydrogen (secondary N) is 1. The van der Waals surface area contributed by atoms with Crippen molar-refractivity contribution in [1.82, 2.24) is 5.32 Å². The van der Waals surface area contributed by atoms with Gasteiger partial charge in [-0.3, -0.25) is 9.10 Å². The summed E-state index contributed by atoms with van der Waals surface area (Å²) in [6.07, 6.45) is 1.80. The Morgan fingerprint density at radius 1 is 1.13 bits per heavy atom. The maximum absolute atomic E-state index is 13.4. The lowest BCUT2D eigenvalue weighted by atomic mass is 10.2. The maximum atomic E-state index is 13.4.